The fourth-order valence-electron chi connectivity index (χ4n) is 2.67. The number of aromatic nitrogens is 3. The highest BCUT2D eigenvalue weighted by Crippen LogP contribution is 2.32. The summed E-state index contributed by atoms with van der Waals surface area (Å²) in [6.07, 6.45) is 1.78. The Morgan fingerprint density at radius 2 is 1.76 bits per heavy atom. The van der Waals surface area contributed by atoms with Crippen molar-refractivity contribution in [3.8, 4) is 11.5 Å². The second-order valence-electron chi connectivity index (χ2n) is 6.40. The van der Waals surface area contributed by atoms with Gasteiger partial charge < -0.3 is 25.4 Å². The number of ether oxygens (including phenoxy) is 2. The first-order chi connectivity index (χ1) is 14.2. The molecule has 0 aliphatic carbocycles. The van der Waals surface area contributed by atoms with Crippen molar-refractivity contribution in [2.75, 3.05) is 30.5 Å². The molecule has 3 heterocycles. The maximum atomic E-state index is 12.2. The number of rotatable bonds is 7. The molecule has 0 saturated carbocycles. The van der Waals surface area contributed by atoms with Crippen molar-refractivity contribution in [1.29, 1.82) is 0 Å². The van der Waals surface area contributed by atoms with Crippen LogP contribution in [0.25, 0.3) is 0 Å². The predicted octanol–water partition coefficient (Wildman–Crippen LogP) is 2.49. The number of fused-ring (bicyclic) bond motifs is 1. The minimum absolute atomic E-state index is 0.179. The number of hydrogen-bond donors (Lipinski definition) is 3. The summed E-state index contributed by atoms with van der Waals surface area (Å²) in [6, 6.07) is 12.6. The Balaban J connectivity index is 1.22. The van der Waals surface area contributed by atoms with Crippen molar-refractivity contribution in [3.05, 3.63) is 59.8 Å². The number of benzene rings is 1. The van der Waals surface area contributed by atoms with E-state index < -0.39 is 0 Å². The van der Waals surface area contributed by atoms with Gasteiger partial charge in [0.05, 0.1) is 0 Å². The van der Waals surface area contributed by atoms with Crippen LogP contribution < -0.4 is 25.4 Å². The molecule has 3 aromatic rings. The number of aryl methyl sites for hydroxylation is 1. The van der Waals surface area contributed by atoms with Crippen molar-refractivity contribution in [2.45, 2.75) is 6.92 Å². The Labute approximate surface area is 167 Å². The van der Waals surface area contributed by atoms with E-state index in [1.807, 2.05) is 31.2 Å². The van der Waals surface area contributed by atoms with Crippen LogP contribution in [0.4, 0.5) is 17.5 Å². The van der Waals surface area contributed by atoms with Crippen molar-refractivity contribution >= 4 is 23.4 Å². The van der Waals surface area contributed by atoms with Gasteiger partial charge in [0.15, 0.2) is 17.3 Å². The van der Waals surface area contributed by atoms with E-state index >= 15 is 0 Å². The molecule has 2 aromatic heterocycles. The Bertz CT molecular complexity index is 992. The molecule has 0 bridgehead atoms. The summed E-state index contributed by atoms with van der Waals surface area (Å²) in [6.45, 7) is 3.11. The topological polar surface area (TPSA) is 110 Å². The first kappa shape index (κ1) is 18.5. The number of pyridine rings is 1. The minimum Gasteiger partial charge on any atom is -0.454 e. The smallest absolute Gasteiger partial charge is 0.251 e. The van der Waals surface area contributed by atoms with Gasteiger partial charge in [-0.2, -0.15) is 0 Å². The van der Waals surface area contributed by atoms with Gasteiger partial charge in [-0.1, -0.05) is 6.07 Å². The number of nitrogens with one attached hydrogen (secondary N) is 3. The van der Waals surface area contributed by atoms with Crippen LogP contribution in [0, 0.1) is 6.92 Å². The molecule has 1 aliphatic rings. The van der Waals surface area contributed by atoms with E-state index in [2.05, 4.69) is 31.1 Å². The van der Waals surface area contributed by atoms with E-state index in [9.17, 15) is 4.79 Å². The van der Waals surface area contributed by atoms with Gasteiger partial charge in [0.25, 0.3) is 5.91 Å². The molecule has 148 valence electrons. The van der Waals surface area contributed by atoms with Crippen LogP contribution in [0.15, 0.2) is 48.7 Å². The zero-order chi connectivity index (χ0) is 20.1. The quantitative estimate of drug-likeness (QED) is 0.526. The zero-order valence-corrected chi connectivity index (χ0v) is 15.8. The van der Waals surface area contributed by atoms with Gasteiger partial charge in [-0.3, -0.25) is 4.79 Å². The lowest BCUT2D eigenvalue weighted by atomic mass is 10.2. The molecular formula is C20H20N6O3. The first-order valence-corrected chi connectivity index (χ1v) is 9.12. The number of nitrogens with zero attached hydrogens (tertiary/aromatic N) is 3. The lowest BCUT2D eigenvalue weighted by molar-refractivity contribution is 0.0954. The third-order valence-corrected chi connectivity index (χ3v) is 4.18. The van der Waals surface area contributed by atoms with Gasteiger partial charge >= 0.3 is 0 Å². The Hall–Kier alpha value is -3.88. The summed E-state index contributed by atoms with van der Waals surface area (Å²) in [4.78, 5) is 16.5. The van der Waals surface area contributed by atoms with Crippen LogP contribution in [-0.4, -0.2) is 41.0 Å². The van der Waals surface area contributed by atoms with Gasteiger partial charge in [0.2, 0.25) is 6.79 Å². The van der Waals surface area contributed by atoms with Crippen molar-refractivity contribution < 1.29 is 14.3 Å². The molecule has 1 aliphatic heterocycles. The highest BCUT2D eigenvalue weighted by Gasteiger charge is 2.15. The Morgan fingerprint density at radius 1 is 0.966 bits per heavy atom. The van der Waals surface area contributed by atoms with Gasteiger partial charge in [-0.05, 0) is 48.9 Å². The lowest BCUT2D eigenvalue weighted by Gasteiger charge is -2.08. The molecular weight excluding hydrogens is 372 g/mol. The molecule has 1 aromatic carbocycles. The molecule has 4 rings (SSSR count). The van der Waals surface area contributed by atoms with E-state index in [1.54, 1.807) is 24.4 Å². The average Bonchev–Trinajstić information content (AvgIpc) is 3.22. The van der Waals surface area contributed by atoms with Crippen LogP contribution in [0.1, 0.15) is 15.9 Å². The summed E-state index contributed by atoms with van der Waals surface area (Å²) in [5.41, 5.74) is 1.61. The lowest BCUT2D eigenvalue weighted by Crippen LogP contribution is -2.28. The number of carbonyl (C=O) groups is 1. The second kappa shape index (κ2) is 8.42. The maximum Gasteiger partial charge on any atom is 0.251 e. The van der Waals surface area contributed by atoms with E-state index in [-0.39, 0.29) is 12.7 Å². The van der Waals surface area contributed by atoms with Gasteiger partial charge in [-0.15, -0.1) is 10.2 Å². The Kier molecular flexibility index (Phi) is 5.37. The van der Waals surface area contributed by atoms with Crippen LogP contribution in [-0.2, 0) is 0 Å². The minimum atomic E-state index is -0.179. The standard InChI is InChI=1S/C20H20N6O3/c1-13-2-5-17(23-11-13)24-19-7-6-18(25-26-19)21-8-9-22-20(27)14-3-4-15-16(10-14)29-12-28-15/h2-7,10-11H,8-9,12H2,1H3,(H,21,25)(H,22,27)(H,23,24,26). The molecule has 29 heavy (non-hydrogen) atoms. The third kappa shape index (κ3) is 4.70. The SMILES string of the molecule is Cc1ccc(Nc2ccc(NCCNC(=O)c3ccc4c(c3)OCO4)nn2)nc1. The molecule has 9 nitrogen and oxygen atoms in total. The fraction of sp³-hybridized carbons (Fsp3) is 0.200. The fourth-order valence-corrected chi connectivity index (χ4v) is 2.67. The van der Waals surface area contributed by atoms with E-state index in [1.165, 1.54) is 0 Å². The predicted molar refractivity (Wildman–Crippen MR) is 108 cm³/mol. The zero-order valence-electron chi connectivity index (χ0n) is 15.8. The summed E-state index contributed by atoms with van der Waals surface area (Å²) >= 11 is 0. The van der Waals surface area contributed by atoms with Gasteiger partial charge in [-0.25, -0.2) is 4.98 Å². The normalized spacial score (nSPS) is 11.8. The number of hydrogen-bond acceptors (Lipinski definition) is 8. The molecule has 0 fully saturated rings. The largest absolute Gasteiger partial charge is 0.454 e. The maximum absolute atomic E-state index is 12.2. The molecule has 3 N–H and O–H groups in total. The van der Waals surface area contributed by atoms with Crippen molar-refractivity contribution in [2.24, 2.45) is 0 Å². The summed E-state index contributed by atoms with van der Waals surface area (Å²) in [5, 5.41) is 17.3. The van der Waals surface area contributed by atoms with Crippen molar-refractivity contribution in [1.82, 2.24) is 20.5 Å². The van der Waals surface area contributed by atoms with Crippen molar-refractivity contribution in [3.63, 3.8) is 0 Å². The molecule has 0 unspecified atom stereocenters. The summed E-state index contributed by atoms with van der Waals surface area (Å²) in [5.74, 6) is 2.98. The highest BCUT2D eigenvalue weighted by atomic mass is 16.7. The number of anilines is 3. The van der Waals surface area contributed by atoms with Gasteiger partial charge in [0.1, 0.15) is 11.6 Å². The molecule has 9 heteroatoms. The van der Waals surface area contributed by atoms with Crippen LogP contribution >= 0.6 is 0 Å². The molecule has 0 atom stereocenters. The van der Waals surface area contributed by atoms with E-state index in [4.69, 9.17) is 9.47 Å². The number of carbonyl (C=O) groups excluding carboxylic acids is 1. The monoisotopic (exact) mass is 392 g/mol. The average molecular weight is 392 g/mol. The van der Waals surface area contributed by atoms with E-state index in [0.29, 0.717) is 47.6 Å². The second-order valence-corrected chi connectivity index (χ2v) is 6.40. The first-order valence-electron chi connectivity index (χ1n) is 9.12. The third-order valence-electron chi connectivity index (χ3n) is 4.18. The summed E-state index contributed by atoms with van der Waals surface area (Å²) < 4.78 is 10.5. The number of amides is 1. The van der Waals surface area contributed by atoms with Crippen LogP contribution in [0.2, 0.25) is 0 Å². The Morgan fingerprint density at radius 3 is 2.55 bits per heavy atom. The highest BCUT2D eigenvalue weighted by molar-refractivity contribution is 5.94. The van der Waals surface area contributed by atoms with Crippen LogP contribution in [0.5, 0.6) is 11.5 Å². The van der Waals surface area contributed by atoms with E-state index in [0.717, 1.165) is 5.56 Å². The molecule has 0 saturated heterocycles. The summed E-state index contributed by atoms with van der Waals surface area (Å²) in [7, 11) is 0. The molecule has 1 amide bonds. The molecule has 0 spiro atoms. The van der Waals surface area contributed by atoms with Crippen LogP contribution in [0.3, 0.4) is 0 Å². The molecule has 0 radical (unpaired) electrons. The van der Waals surface area contributed by atoms with Gasteiger partial charge in [0, 0.05) is 24.8 Å².